The van der Waals surface area contributed by atoms with Crippen molar-refractivity contribution in [3.8, 4) is 11.5 Å². The smallest absolute Gasteiger partial charge is 0.253 e. The molecule has 0 aliphatic carbocycles. The number of hydrogen-bond acceptors (Lipinski definition) is 5. The van der Waals surface area contributed by atoms with Crippen LogP contribution in [0.3, 0.4) is 0 Å². The van der Waals surface area contributed by atoms with E-state index in [9.17, 15) is 18.0 Å². The quantitative estimate of drug-likeness (QED) is 0.433. The molecule has 0 aliphatic heterocycles. The van der Waals surface area contributed by atoms with E-state index in [1.54, 1.807) is 48.5 Å². The van der Waals surface area contributed by atoms with Crippen molar-refractivity contribution in [2.24, 2.45) is 0 Å². The fourth-order valence-corrected chi connectivity index (χ4v) is 4.63. The average Bonchev–Trinajstić information content (AvgIpc) is 2.84. The Kier molecular flexibility index (Phi) is 8.48. The van der Waals surface area contributed by atoms with Crippen LogP contribution in [0.2, 0.25) is 0 Å². The summed E-state index contributed by atoms with van der Waals surface area (Å²) in [6, 6.07) is 21.1. The number of carbonyl (C=O) groups is 2. The first-order chi connectivity index (χ1) is 16.7. The Hall–Kier alpha value is -3.85. The molecule has 184 valence electrons. The number of nitrogens with zero attached hydrogens (tertiary/aromatic N) is 1. The third-order valence-electron chi connectivity index (χ3n) is 5.12. The van der Waals surface area contributed by atoms with Gasteiger partial charge in [0.1, 0.15) is 17.5 Å². The van der Waals surface area contributed by atoms with Gasteiger partial charge in [0, 0.05) is 6.54 Å². The third-order valence-corrected chi connectivity index (χ3v) is 6.37. The number of benzene rings is 3. The lowest BCUT2D eigenvalue weighted by atomic mass is 10.1. The number of hydrogen-bond donors (Lipinski definition) is 2. The summed E-state index contributed by atoms with van der Waals surface area (Å²) < 4.78 is 32.1. The van der Waals surface area contributed by atoms with Gasteiger partial charge >= 0.3 is 0 Å². The number of anilines is 2. The van der Waals surface area contributed by atoms with Gasteiger partial charge in [0.25, 0.3) is 5.91 Å². The van der Waals surface area contributed by atoms with Gasteiger partial charge in [-0.3, -0.25) is 13.9 Å². The number of amides is 2. The van der Waals surface area contributed by atoms with Crippen molar-refractivity contribution in [3.63, 3.8) is 0 Å². The van der Waals surface area contributed by atoms with Gasteiger partial charge in [0.05, 0.1) is 23.2 Å². The summed E-state index contributed by atoms with van der Waals surface area (Å²) in [7, 11) is -3.81. The molecule has 3 aromatic carbocycles. The van der Waals surface area contributed by atoms with Crippen molar-refractivity contribution in [3.05, 3.63) is 84.4 Å². The summed E-state index contributed by atoms with van der Waals surface area (Å²) in [6.45, 7) is 3.93. The lowest BCUT2D eigenvalue weighted by Gasteiger charge is -2.28. The minimum atomic E-state index is -3.81. The van der Waals surface area contributed by atoms with Gasteiger partial charge in [0.15, 0.2) is 0 Å². The maximum Gasteiger partial charge on any atom is 0.253 e. The molecule has 3 rings (SSSR count). The Morgan fingerprint density at radius 3 is 2.14 bits per heavy atom. The van der Waals surface area contributed by atoms with E-state index in [4.69, 9.17) is 4.74 Å². The second-order valence-electron chi connectivity index (χ2n) is 7.93. The minimum Gasteiger partial charge on any atom is -0.457 e. The Labute approximate surface area is 206 Å². The highest BCUT2D eigenvalue weighted by Gasteiger charge is 2.30. The van der Waals surface area contributed by atoms with Crippen LogP contribution in [0.5, 0.6) is 11.5 Å². The molecule has 0 aliphatic rings. The van der Waals surface area contributed by atoms with Crippen LogP contribution in [0, 0.1) is 0 Å². The summed E-state index contributed by atoms with van der Waals surface area (Å²) in [5.74, 6) is 0.285. The monoisotopic (exact) mass is 495 g/mol. The molecule has 1 atom stereocenters. The van der Waals surface area contributed by atoms with E-state index >= 15 is 0 Å². The summed E-state index contributed by atoms with van der Waals surface area (Å²) >= 11 is 0. The average molecular weight is 496 g/mol. The molecular weight excluding hydrogens is 466 g/mol. The van der Waals surface area contributed by atoms with Gasteiger partial charge in [0.2, 0.25) is 15.9 Å². The molecule has 9 heteroatoms. The Morgan fingerprint density at radius 2 is 1.51 bits per heavy atom. The van der Waals surface area contributed by atoms with E-state index in [1.165, 1.54) is 6.92 Å². The zero-order valence-corrected chi connectivity index (χ0v) is 20.7. The van der Waals surface area contributed by atoms with E-state index in [0.717, 1.165) is 17.0 Å². The van der Waals surface area contributed by atoms with E-state index in [0.29, 0.717) is 35.0 Å². The molecule has 2 N–H and O–H groups in total. The SMILES string of the molecule is CCCNC(=O)c1ccccc1NC(=O)C(C)N(c1ccc(Oc2ccccc2)cc1)S(C)(=O)=O. The molecule has 1 unspecified atom stereocenters. The van der Waals surface area contributed by atoms with Crippen LogP contribution in [-0.4, -0.2) is 39.1 Å². The number of nitrogens with one attached hydrogen (secondary N) is 2. The third kappa shape index (κ3) is 6.83. The van der Waals surface area contributed by atoms with Crippen molar-refractivity contribution in [1.82, 2.24) is 5.32 Å². The highest BCUT2D eigenvalue weighted by Crippen LogP contribution is 2.27. The first-order valence-corrected chi connectivity index (χ1v) is 13.1. The van der Waals surface area contributed by atoms with Gasteiger partial charge in [-0.05, 0) is 61.9 Å². The van der Waals surface area contributed by atoms with Crippen LogP contribution in [0.15, 0.2) is 78.9 Å². The van der Waals surface area contributed by atoms with Crippen molar-refractivity contribution in [2.45, 2.75) is 26.3 Å². The zero-order chi connectivity index (χ0) is 25.4. The first kappa shape index (κ1) is 25.8. The van der Waals surface area contributed by atoms with Gasteiger partial charge < -0.3 is 15.4 Å². The molecule has 0 spiro atoms. The molecule has 0 aromatic heterocycles. The maximum absolute atomic E-state index is 13.1. The molecule has 0 heterocycles. The Balaban J connectivity index is 1.80. The molecule has 8 nitrogen and oxygen atoms in total. The molecule has 35 heavy (non-hydrogen) atoms. The number of rotatable bonds is 10. The van der Waals surface area contributed by atoms with Crippen molar-refractivity contribution in [2.75, 3.05) is 22.4 Å². The lowest BCUT2D eigenvalue weighted by Crippen LogP contribution is -2.45. The van der Waals surface area contributed by atoms with Crippen LogP contribution in [0.4, 0.5) is 11.4 Å². The van der Waals surface area contributed by atoms with E-state index in [1.807, 2.05) is 37.3 Å². The van der Waals surface area contributed by atoms with E-state index < -0.39 is 22.0 Å². The van der Waals surface area contributed by atoms with Crippen LogP contribution >= 0.6 is 0 Å². The van der Waals surface area contributed by atoms with Crippen LogP contribution < -0.4 is 19.7 Å². The zero-order valence-electron chi connectivity index (χ0n) is 19.9. The molecule has 0 bridgehead atoms. The van der Waals surface area contributed by atoms with Crippen molar-refractivity contribution in [1.29, 1.82) is 0 Å². The summed E-state index contributed by atoms with van der Waals surface area (Å²) in [6.07, 6.45) is 1.81. The largest absolute Gasteiger partial charge is 0.457 e. The molecule has 0 fully saturated rings. The van der Waals surface area contributed by atoms with Crippen LogP contribution in [0.25, 0.3) is 0 Å². The highest BCUT2D eigenvalue weighted by molar-refractivity contribution is 7.92. The molecular formula is C26H29N3O5S. The number of ether oxygens (including phenoxy) is 1. The van der Waals surface area contributed by atoms with Crippen LogP contribution in [-0.2, 0) is 14.8 Å². The van der Waals surface area contributed by atoms with Gasteiger partial charge in [-0.1, -0.05) is 37.3 Å². The van der Waals surface area contributed by atoms with Crippen molar-refractivity contribution >= 4 is 33.2 Å². The molecule has 0 saturated heterocycles. The molecule has 0 saturated carbocycles. The molecule has 3 aromatic rings. The molecule has 2 amide bonds. The number of para-hydroxylation sites is 2. The summed E-state index contributed by atoms with van der Waals surface area (Å²) in [4.78, 5) is 25.6. The molecule has 0 radical (unpaired) electrons. The predicted octanol–water partition coefficient (Wildman–Crippen LogP) is 4.41. The fraction of sp³-hybridized carbons (Fsp3) is 0.231. The lowest BCUT2D eigenvalue weighted by molar-refractivity contribution is -0.116. The summed E-state index contributed by atoms with van der Waals surface area (Å²) in [5.41, 5.74) is 0.914. The first-order valence-electron chi connectivity index (χ1n) is 11.2. The highest BCUT2D eigenvalue weighted by atomic mass is 32.2. The predicted molar refractivity (Wildman–Crippen MR) is 137 cm³/mol. The van der Waals surface area contributed by atoms with Gasteiger partial charge in [-0.25, -0.2) is 8.42 Å². The Bertz CT molecular complexity index is 1260. The summed E-state index contributed by atoms with van der Waals surface area (Å²) in [5, 5.41) is 5.48. The second kappa shape index (κ2) is 11.5. The fourth-order valence-electron chi connectivity index (χ4n) is 3.46. The number of carbonyl (C=O) groups excluding carboxylic acids is 2. The normalized spacial score (nSPS) is 11.9. The van der Waals surface area contributed by atoms with Gasteiger partial charge in [-0.15, -0.1) is 0 Å². The second-order valence-corrected chi connectivity index (χ2v) is 9.79. The van der Waals surface area contributed by atoms with Gasteiger partial charge in [-0.2, -0.15) is 0 Å². The van der Waals surface area contributed by atoms with E-state index in [2.05, 4.69) is 10.6 Å². The maximum atomic E-state index is 13.1. The van der Waals surface area contributed by atoms with Crippen molar-refractivity contribution < 1.29 is 22.7 Å². The number of sulfonamides is 1. The standard InChI is InChI=1S/C26H29N3O5S/c1-4-18-27-26(31)23-12-8-9-13-24(23)28-25(30)19(2)29(35(3,32)33)20-14-16-22(17-15-20)34-21-10-6-5-7-11-21/h5-17,19H,4,18H2,1-3H3,(H,27,31)(H,28,30). The van der Waals surface area contributed by atoms with E-state index in [-0.39, 0.29) is 5.91 Å². The minimum absolute atomic E-state index is 0.301. The Morgan fingerprint density at radius 1 is 0.914 bits per heavy atom. The van der Waals surface area contributed by atoms with Crippen LogP contribution in [0.1, 0.15) is 30.6 Å². The topological polar surface area (TPSA) is 105 Å².